The number of rotatable bonds is 7. The standard InChI is InChI=1S/C17H18Cl2N2O4S/c1-9(2)14(25-17(23)13-12(18)15(19)26-21-13)16(22)20-8-10-4-6-11(24-3)7-5-10/h4-7,9,14H,8H2,1-3H3,(H,20,22)/t14-/m1/s1. The number of halogens is 2. The van der Waals surface area contributed by atoms with E-state index in [1.165, 1.54) is 0 Å². The SMILES string of the molecule is COc1ccc(CNC(=O)[C@H](OC(=O)c2nsc(Cl)c2Cl)C(C)C)cc1. The van der Waals surface area contributed by atoms with Crippen molar-refractivity contribution >= 4 is 46.6 Å². The number of ether oxygens (including phenoxy) is 2. The van der Waals surface area contributed by atoms with Gasteiger partial charge in [0.1, 0.15) is 15.1 Å². The number of hydrogen-bond donors (Lipinski definition) is 1. The van der Waals surface area contributed by atoms with E-state index in [1.807, 2.05) is 12.1 Å². The number of nitrogens with zero attached hydrogens (tertiary/aromatic N) is 1. The lowest BCUT2D eigenvalue weighted by Crippen LogP contribution is -2.40. The molecular formula is C17H18Cl2N2O4S. The molecule has 9 heteroatoms. The lowest BCUT2D eigenvalue weighted by atomic mass is 10.1. The van der Waals surface area contributed by atoms with Crippen LogP contribution in [0.5, 0.6) is 5.75 Å². The number of hydrogen-bond acceptors (Lipinski definition) is 6. The predicted molar refractivity (Wildman–Crippen MR) is 101 cm³/mol. The van der Waals surface area contributed by atoms with Crippen LogP contribution in [0.2, 0.25) is 9.36 Å². The Morgan fingerprint density at radius 1 is 1.23 bits per heavy atom. The van der Waals surface area contributed by atoms with Gasteiger partial charge in [0, 0.05) is 6.54 Å². The highest BCUT2D eigenvalue weighted by Gasteiger charge is 2.29. The molecule has 1 amide bonds. The van der Waals surface area contributed by atoms with Crippen molar-refractivity contribution in [1.29, 1.82) is 0 Å². The summed E-state index contributed by atoms with van der Waals surface area (Å²) in [6, 6.07) is 7.28. The molecule has 1 aromatic carbocycles. The zero-order chi connectivity index (χ0) is 19.3. The Bertz CT molecular complexity index is 778. The van der Waals surface area contributed by atoms with Gasteiger partial charge in [0.05, 0.1) is 7.11 Å². The fraction of sp³-hybridized carbons (Fsp3) is 0.353. The maximum absolute atomic E-state index is 12.4. The topological polar surface area (TPSA) is 77.5 Å². The Labute approximate surface area is 165 Å². The number of amides is 1. The molecule has 0 saturated heterocycles. The first-order valence-corrected chi connectivity index (χ1v) is 9.28. The lowest BCUT2D eigenvalue weighted by Gasteiger charge is -2.20. The second-order valence-corrected chi connectivity index (χ2v) is 7.51. The fourth-order valence-electron chi connectivity index (χ4n) is 2.08. The summed E-state index contributed by atoms with van der Waals surface area (Å²) in [5.41, 5.74) is 0.803. The molecule has 0 radical (unpaired) electrons. The van der Waals surface area contributed by atoms with E-state index in [-0.39, 0.29) is 21.0 Å². The first kappa shape index (κ1) is 20.5. The van der Waals surface area contributed by atoms with Crippen molar-refractivity contribution in [3.8, 4) is 5.75 Å². The molecular weight excluding hydrogens is 399 g/mol. The van der Waals surface area contributed by atoms with E-state index in [2.05, 4.69) is 9.69 Å². The Kier molecular flexibility index (Phi) is 7.25. The minimum absolute atomic E-state index is 0.0304. The normalized spacial score (nSPS) is 11.9. The molecule has 0 aliphatic heterocycles. The van der Waals surface area contributed by atoms with Crippen LogP contribution in [0.4, 0.5) is 0 Å². The zero-order valence-corrected chi connectivity index (χ0v) is 16.7. The van der Waals surface area contributed by atoms with E-state index in [1.54, 1.807) is 33.1 Å². The fourth-order valence-corrected chi connectivity index (χ4v) is 3.06. The quantitative estimate of drug-likeness (QED) is 0.691. The molecule has 6 nitrogen and oxygen atoms in total. The molecule has 140 valence electrons. The number of carbonyl (C=O) groups is 2. The third-order valence-electron chi connectivity index (χ3n) is 3.51. The zero-order valence-electron chi connectivity index (χ0n) is 14.4. The van der Waals surface area contributed by atoms with Crippen LogP contribution in [-0.2, 0) is 16.1 Å². The van der Waals surface area contributed by atoms with Gasteiger partial charge < -0.3 is 14.8 Å². The number of benzene rings is 1. The Hall–Kier alpha value is -1.83. The van der Waals surface area contributed by atoms with Crippen LogP contribution in [0, 0.1) is 5.92 Å². The van der Waals surface area contributed by atoms with Gasteiger partial charge in [-0.05, 0) is 35.1 Å². The molecule has 1 aromatic heterocycles. The van der Waals surface area contributed by atoms with Crippen molar-refractivity contribution in [2.24, 2.45) is 5.92 Å². The van der Waals surface area contributed by atoms with Gasteiger partial charge in [0.2, 0.25) is 0 Å². The molecule has 2 aromatic rings. The molecule has 0 saturated carbocycles. The van der Waals surface area contributed by atoms with Gasteiger partial charge >= 0.3 is 5.97 Å². The highest BCUT2D eigenvalue weighted by atomic mass is 35.5. The number of aromatic nitrogens is 1. The Morgan fingerprint density at radius 2 is 1.88 bits per heavy atom. The van der Waals surface area contributed by atoms with Gasteiger partial charge in [-0.3, -0.25) is 4.79 Å². The van der Waals surface area contributed by atoms with Crippen LogP contribution >= 0.6 is 34.7 Å². The van der Waals surface area contributed by atoms with Crippen LogP contribution in [0.25, 0.3) is 0 Å². The van der Waals surface area contributed by atoms with Crippen LogP contribution in [0.15, 0.2) is 24.3 Å². The lowest BCUT2D eigenvalue weighted by molar-refractivity contribution is -0.132. The van der Waals surface area contributed by atoms with E-state index in [4.69, 9.17) is 32.7 Å². The van der Waals surface area contributed by atoms with Gasteiger partial charge in [0.25, 0.3) is 5.91 Å². The largest absolute Gasteiger partial charge is 0.497 e. The van der Waals surface area contributed by atoms with Gasteiger partial charge in [0.15, 0.2) is 11.8 Å². The highest BCUT2D eigenvalue weighted by molar-refractivity contribution is 7.11. The monoisotopic (exact) mass is 416 g/mol. The molecule has 0 aliphatic carbocycles. The first-order chi connectivity index (χ1) is 12.3. The summed E-state index contributed by atoms with van der Waals surface area (Å²) in [6.07, 6.45) is -0.975. The maximum atomic E-state index is 12.4. The number of esters is 1. The van der Waals surface area contributed by atoms with E-state index < -0.39 is 18.0 Å². The van der Waals surface area contributed by atoms with Crippen molar-refractivity contribution in [2.75, 3.05) is 7.11 Å². The van der Waals surface area contributed by atoms with Crippen LogP contribution in [-0.4, -0.2) is 29.5 Å². The van der Waals surface area contributed by atoms with E-state index >= 15 is 0 Å². The van der Waals surface area contributed by atoms with Crippen LogP contribution in [0.1, 0.15) is 29.9 Å². The first-order valence-electron chi connectivity index (χ1n) is 7.75. The van der Waals surface area contributed by atoms with E-state index in [0.717, 1.165) is 22.8 Å². The average Bonchev–Trinajstić information content (AvgIpc) is 2.96. The van der Waals surface area contributed by atoms with Crippen molar-refractivity contribution in [1.82, 2.24) is 9.69 Å². The molecule has 0 unspecified atom stereocenters. The van der Waals surface area contributed by atoms with E-state index in [0.29, 0.717) is 6.54 Å². The predicted octanol–water partition coefficient (Wildman–Crippen LogP) is 3.96. The molecule has 26 heavy (non-hydrogen) atoms. The summed E-state index contributed by atoms with van der Waals surface area (Å²) in [4.78, 5) is 24.7. The average molecular weight is 417 g/mol. The number of carbonyl (C=O) groups excluding carboxylic acids is 2. The Morgan fingerprint density at radius 3 is 2.38 bits per heavy atom. The third-order valence-corrected chi connectivity index (χ3v) is 5.13. The molecule has 0 aliphatic rings. The molecule has 2 rings (SSSR count). The van der Waals surface area contributed by atoms with Gasteiger partial charge in [-0.15, -0.1) is 0 Å². The second kappa shape index (κ2) is 9.21. The summed E-state index contributed by atoms with van der Waals surface area (Å²) in [6.45, 7) is 3.86. The van der Waals surface area contributed by atoms with Crippen molar-refractivity contribution in [3.63, 3.8) is 0 Å². The third kappa shape index (κ3) is 5.09. The summed E-state index contributed by atoms with van der Waals surface area (Å²) in [5, 5.41) is 2.79. The molecule has 1 heterocycles. The Balaban J connectivity index is 2.00. The number of methoxy groups -OCH3 is 1. The number of nitrogens with one attached hydrogen (secondary N) is 1. The van der Waals surface area contributed by atoms with Crippen LogP contribution in [0.3, 0.4) is 0 Å². The smallest absolute Gasteiger partial charge is 0.360 e. The minimum Gasteiger partial charge on any atom is -0.497 e. The molecule has 0 spiro atoms. The van der Waals surface area contributed by atoms with Crippen molar-refractivity contribution in [2.45, 2.75) is 26.5 Å². The van der Waals surface area contributed by atoms with Gasteiger partial charge in [-0.2, -0.15) is 4.37 Å². The van der Waals surface area contributed by atoms with Crippen molar-refractivity contribution in [3.05, 3.63) is 44.9 Å². The van der Waals surface area contributed by atoms with Gasteiger partial charge in [-0.25, -0.2) is 4.79 Å². The van der Waals surface area contributed by atoms with Gasteiger partial charge in [-0.1, -0.05) is 49.2 Å². The molecule has 1 N–H and O–H groups in total. The van der Waals surface area contributed by atoms with Crippen LogP contribution < -0.4 is 10.1 Å². The summed E-state index contributed by atoms with van der Waals surface area (Å²) >= 11 is 12.6. The summed E-state index contributed by atoms with van der Waals surface area (Å²) in [7, 11) is 1.58. The summed E-state index contributed by atoms with van der Waals surface area (Å²) < 4.78 is 14.5. The summed E-state index contributed by atoms with van der Waals surface area (Å²) in [5.74, 6) is -0.686. The minimum atomic E-state index is -0.975. The van der Waals surface area contributed by atoms with Crippen molar-refractivity contribution < 1.29 is 19.1 Å². The van der Waals surface area contributed by atoms with E-state index in [9.17, 15) is 9.59 Å². The highest BCUT2D eigenvalue weighted by Crippen LogP contribution is 2.30. The molecule has 0 bridgehead atoms. The molecule has 1 atom stereocenters. The maximum Gasteiger partial charge on any atom is 0.360 e. The molecule has 0 fully saturated rings. The second-order valence-electron chi connectivity index (χ2n) is 5.75.